The van der Waals surface area contributed by atoms with E-state index in [4.69, 9.17) is 9.84 Å². The predicted molar refractivity (Wildman–Crippen MR) is 81.5 cm³/mol. The van der Waals surface area contributed by atoms with Crippen LogP contribution < -0.4 is 4.74 Å². The third-order valence-corrected chi connectivity index (χ3v) is 4.30. The van der Waals surface area contributed by atoms with Crippen LogP contribution in [0.15, 0.2) is 22.7 Å². The summed E-state index contributed by atoms with van der Waals surface area (Å²) in [7, 11) is 2.14. The van der Waals surface area contributed by atoms with Gasteiger partial charge in [0.15, 0.2) is 0 Å². The predicted octanol–water partition coefficient (Wildman–Crippen LogP) is 3.40. The number of carboxylic acid groups (broad SMARTS) is 1. The Morgan fingerprint density at radius 2 is 2.30 bits per heavy atom. The standard InChI is InChI=1S/C15H20BrNO3/c1-17-8-3-2-4-12(17)7-9-20-14-10-11(16)5-6-13(14)15(18)19/h5-6,10,12H,2-4,7-9H2,1H3,(H,18,19). The smallest absolute Gasteiger partial charge is 0.339 e. The molecule has 1 heterocycles. The first-order valence-corrected chi connectivity index (χ1v) is 7.73. The lowest BCUT2D eigenvalue weighted by atomic mass is 10.0. The van der Waals surface area contributed by atoms with Gasteiger partial charge >= 0.3 is 5.97 Å². The number of ether oxygens (including phenoxy) is 1. The highest BCUT2D eigenvalue weighted by atomic mass is 79.9. The molecular formula is C15H20BrNO3. The van der Waals surface area contributed by atoms with E-state index in [1.165, 1.54) is 19.3 Å². The highest BCUT2D eigenvalue weighted by Crippen LogP contribution is 2.25. The van der Waals surface area contributed by atoms with E-state index in [2.05, 4.69) is 27.9 Å². The number of carbonyl (C=O) groups is 1. The van der Waals surface area contributed by atoms with Crippen molar-refractivity contribution in [2.75, 3.05) is 20.2 Å². The van der Waals surface area contributed by atoms with Crippen molar-refractivity contribution in [2.45, 2.75) is 31.7 Å². The van der Waals surface area contributed by atoms with E-state index in [0.717, 1.165) is 17.4 Å². The number of aromatic carboxylic acids is 1. The quantitative estimate of drug-likeness (QED) is 0.891. The molecule has 1 N–H and O–H groups in total. The molecule has 0 spiro atoms. The summed E-state index contributed by atoms with van der Waals surface area (Å²) in [6, 6.07) is 5.54. The lowest BCUT2D eigenvalue weighted by Crippen LogP contribution is -2.37. The minimum atomic E-state index is -0.956. The average molecular weight is 342 g/mol. The third-order valence-electron chi connectivity index (χ3n) is 3.80. The van der Waals surface area contributed by atoms with E-state index in [1.807, 2.05) is 0 Å². The molecule has 1 atom stereocenters. The average Bonchev–Trinajstić information content (AvgIpc) is 2.41. The van der Waals surface area contributed by atoms with Gasteiger partial charge < -0.3 is 14.7 Å². The number of halogens is 1. The van der Waals surface area contributed by atoms with Crippen molar-refractivity contribution in [1.82, 2.24) is 4.90 Å². The molecule has 2 rings (SSSR count). The molecule has 20 heavy (non-hydrogen) atoms. The van der Waals surface area contributed by atoms with Crippen LogP contribution in [-0.2, 0) is 0 Å². The maximum Gasteiger partial charge on any atom is 0.339 e. The summed E-state index contributed by atoms with van der Waals surface area (Å²) in [4.78, 5) is 13.5. The highest BCUT2D eigenvalue weighted by Gasteiger charge is 2.19. The van der Waals surface area contributed by atoms with E-state index in [-0.39, 0.29) is 5.56 Å². The Balaban J connectivity index is 1.93. The molecule has 0 radical (unpaired) electrons. The summed E-state index contributed by atoms with van der Waals surface area (Å²) >= 11 is 3.34. The maximum atomic E-state index is 11.1. The first-order chi connectivity index (χ1) is 9.58. The molecule has 1 aliphatic heterocycles. The second kappa shape index (κ2) is 7.09. The van der Waals surface area contributed by atoms with E-state index < -0.39 is 5.97 Å². The number of nitrogens with zero attached hydrogens (tertiary/aromatic N) is 1. The van der Waals surface area contributed by atoms with Crippen LogP contribution in [0, 0.1) is 0 Å². The van der Waals surface area contributed by atoms with E-state index in [1.54, 1.807) is 18.2 Å². The highest BCUT2D eigenvalue weighted by molar-refractivity contribution is 9.10. The summed E-state index contributed by atoms with van der Waals surface area (Å²) in [6.07, 6.45) is 4.67. The van der Waals surface area contributed by atoms with Crippen LogP contribution in [0.2, 0.25) is 0 Å². The zero-order valence-corrected chi connectivity index (χ0v) is 13.2. The molecule has 1 unspecified atom stereocenters. The van der Waals surface area contributed by atoms with Crippen LogP contribution >= 0.6 is 15.9 Å². The zero-order chi connectivity index (χ0) is 14.5. The van der Waals surface area contributed by atoms with Gasteiger partial charge in [-0.1, -0.05) is 22.4 Å². The molecule has 1 aliphatic rings. The number of hydrogen-bond donors (Lipinski definition) is 1. The van der Waals surface area contributed by atoms with Crippen LogP contribution in [0.1, 0.15) is 36.0 Å². The molecule has 0 bridgehead atoms. The second-order valence-electron chi connectivity index (χ2n) is 5.21. The Kier molecular flexibility index (Phi) is 5.43. The minimum absolute atomic E-state index is 0.213. The topological polar surface area (TPSA) is 49.8 Å². The molecule has 0 amide bonds. The fourth-order valence-corrected chi connectivity index (χ4v) is 2.95. The summed E-state index contributed by atoms with van der Waals surface area (Å²) < 4.78 is 6.52. The van der Waals surface area contributed by atoms with Gasteiger partial charge in [0, 0.05) is 10.5 Å². The van der Waals surface area contributed by atoms with Gasteiger partial charge in [0.1, 0.15) is 11.3 Å². The molecule has 1 fully saturated rings. The number of piperidine rings is 1. The van der Waals surface area contributed by atoms with E-state index in [9.17, 15) is 4.79 Å². The SMILES string of the molecule is CN1CCCCC1CCOc1cc(Br)ccc1C(=O)O. The minimum Gasteiger partial charge on any atom is -0.493 e. The van der Waals surface area contributed by atoms with Gasteiger partial charge in [0.05, 0.1) is 6.61 Å². The summed E-state index contributed by atoms with van der Waals surface area (Å²) in [5.41, 5.74) is 0.213. The molecule has 0 saturated carbocycles. The Hall–Kier alpha value is -1.07. The Morgan fingerprint density at radius 1 is 1.50 bits per heavy atom. The summed E-state index contributed by atoms with van der Waals surface area (Å²) in [6.45, 7) is 1.69. The number of rotatable bonds is 5. The van der Waals surface area contributed by atoms with Gasteiger partial charge in [-0.05, 0) is 51.1 Å². The second-order valence-corrected chi connectivity index (χ2v) is 6.13. The molecule has 1 aromatic carbocycles. The molecule has 1 saturated heterocycles. The molecule has 1 aromatic rings. The van der Waals surface area contributed by atoms with Gasteiger partial charge in [0.25, 0.3) is 0 Å². The van der Waals surface area contributed by atoms with Crippen molar-refractivity contribution < 1.29 is 14.6 Å². The van der Waals surface area contributed by atoms with Crippen LogP contribution in [0.5, 0.6) is 5.75 Å². The van der Waals surface area contributed by atoms with Gasteiger partial charge in [-0.15, -0.1) is 0 Å². The molecule has 0 aromatic heterocycles. The number of hydrogen-bond acceptors (Lipinski definition) is 3. The van der Waals surface area contributed by atoms with Crippen LogP contribution in [0.25, 0.3) is 0 Å². The summed E-state index contributed by atoms with van der Waals surface area (Å²) in [5.74, 6) is -0.521. The summed E-state index contributed by atoms with van der Waals surface area (Å²) in [5, 5.41) is 9.14. The number of benzene rings is 1. The van der Waals surface area contributed by atoms with Crippen LogP contribution in [0.4, 0.5) is 0 Å². The Morgan fingerprint density at radius 3 is 3.00 bits per heavy atom. The lowest BCUT2D eigenvalue weighted by Gasteiger charge is -2.32. The molecular weight excluding hydrogens is 322 g/mol. The van der Waals surface area contributed by atoms with Crippen LogP contribution in [0.3, 0.4) is 0 Å². The molecule has 110 valence electrons. The van der Waals surface area contributed by atoms with Crippen molar-refractivity contribution in [3.8, 4) is 5.75 Å². The van der Waals surface area contributed by atoms with Crippen molar-refractivity contribution in [1.29, 1.82) is 0 Å². The van der Waals surface area contributed by atoms with Gasteiger partial charge in [-0.3, -0.25) is 0 Å². The fourth-order valence-electron chi connectivity index (χ4n) is 2.61. The molecule has 4 nitrogen and oxygen atoms in total. The van der Waals surface area contributed by atoms with Gasteiger partial charge in [-0.25, -0.2) is 4.79 Å². The molecule has 5 heteroatoms. The van der Waals surface area contributed by atoms with E-state index >= 15 is 0 Å². The van der Waals surface area contributed by atoms with E-state index in [0.29, 0.717) is 18.4 Å². The van der Waals surface area contributed by atoms with Crippen molar-refractivity contribution in [3.05, 3.63) is 28.2 Å². The third kappa shape index (κ3) is 3.96. The molecule has 0 aliphatic carbocycles. The largest absolute Gasteiger partial charge is 0.493 e. The lowest BCUT2D eigenvalue weighted by molar-refractivity contribution is 0.0691. The maximum absolute atomic E-state index is 11.1. The van der Waals surface area contributed by atoms with Gasteiger partial charge in [-0.2, -0.15) is 0 Å². The van der Waals surface area contributed by atoms with Crippen LogP contribution in [-0.4, -0.2) is 42.2 Å². The fraction of sp³-hybridized carbons (Fsp3) is 0.533. The first kappa shape index (κ1) is 15.3. The van der Waals surface area contributed by atoms with Crippen molar-refractivity contribution in [2.24, 2.45) is 0 Å². The first-order valence-electron chi connectivity index (χ1n) is 6.94. The van der Waals surface area contributed by atoms with Crippen molar-refractivity contribution >= 4 is 21.9 Å². The zero-order valence-electron chi connectivity index (χ0n) is 11.6. The van der Waals surface area contributed by atoms with Gasteiger partial charge in [0.2, 0.25) is 0 Å². The Labute approximate surface area is 127 Å². The Bertz CT molecular complexity index is 478. The van der Waals surface area contributed by atoms with Crippen molar-refractivity contribution in [3.63, 3.8) is 0 Å². The number of likely N-dealkylation sites (tertiary alicyclic amines) is 1. The monoisotopic (exact) mass is 341 g/mol. The number of carboxylic acids is 1. The normalized spacial score (nSPS) is 19.8.